The second-order valence-corrected chi connectivity index (χ2v) is 2.85. The topological polar surface area (TPSA) is 65.2 Å². The van der Waals surface area contributed by atoms with Gasteiger partial charge in [0.1, 0.15) is 0 Å². The maximum atomic E-state index is 10.6. The van der Waals surface area contributed by atoms with Crippen LogP contribution in [0.1, 0.15) is 26.7 Å². The van der Waals surface area contributed by atoms with E-state index in [-0.39, 0.29) is 11.9 Å². The van der Waals surface area contributed by atoms with Gasteiger partial charge in [-0.05, 0) is 13.8 Å². The van der Waals surface area contributed by atoms with Crippen molar-refractivity contribution in [1.82, 2.24) is 10.2 Å². The van der Waals surface area contributed by atoms with E-state index < -0.39 is 5.60 Å². The van der Waals surface area contributed by atoms with Gasteiger partial charge < -0.3 is 9.15 Å². The molecule has 0 bridgehead atoms. The standard InChI is InChI=1S/C7H10N2O3/c1-5(10)12-7(2,3)6-9-8-4-11-6/h4H,1-3H3. The van der Waals surface area contributed by atoms with Gasteiger partial charge >= 0.3 is 5.97 Å². The second-order valence-electron chi connectivity index (χ2n) is 2.85. The molecule has 0 saturated carbocycles. The van der Waals surface area contributed by atoms with E-state index in [0.717, 1.165) is 0 Å². The van der Waals surface area contributed by atoms with E-state index in [1.807, 2.05) is 0 Å². The van der Waals surface area contributed by atoms with Gasteiger partial charge in [0, 0.05) is 6.92 Å². The van der Waals surface area contributed by atoms with Crippen LogP contribution in [0.4, 0.5) is 0 Å². The molecule has 0 aliphatic rings. The Hall–Kier alpha value is -1.39. The molecular weight excluding hydrogens is 160 g/mol. The van der Waals surface area contributed by atoms with Gasteiger partial charge in [-0.2, -0.15) is 0 Å². The van der Waals surface area contributed by atoms with Crippen LogP contribution in [-0.4, -0.2) is 16.2 Å². The number of carbonyl (C=O) groups excluding carboxylic acids is 1. The third-order valence-corrected chi connectivity index (χ3v) is 1.27. The van der Waals surface area contributed by atoms with E-state index in [9.17, 15) is 4.79 Å². The first-order valence-corrected chi connectivity index (χ1v) is 3.48. The number of aromatic nitrogens is 2. The zero-order valence-corrected chi connectivity index (χ0v) is 7.20. The van der Waals surface area contributed by atoms with Crippen molar-refractivity contribution >= 4 is 5.97 Å². The van der Waals surface area contributed by atoms with Crippen LogP contribution in [0.3, 0.4) is 0 Å². The van der Waals surface area contributed by atoms with E-state index in [0.29, 0.717) is 0 Å². The number of hydrogen-bond donors (Lipinski definition) is 0. The Labute approximate surface area is 69.7 Å². The quantitative estimate of drug-likeness (QED) is 0.616. The van der Waals surface area contributed by atoms with Gasteiger partial charge in [0.05, 0.1) is 0 Å². The lowest BCUT2D eigenvalue weighted by Gasteiger charge is -2.19. The van der Waals surface area contributed by atoms with Gasteiger partial charge in [-0.25, -0.2) is 0 Å². The van der Waals surface area contributed by atoms with Gasteiger partial charge in [0.25, 0.3) is 5.89 Å². The third-order valence-electron chi connectivity index (χ3n) is 1.27. The van der Waals surface area contributed by atoms with Crippen molar-refractivity contribution in [3.8, 4) is 0 Å². The molecule has 0 radical (unpaired) electrons. The fourth-order valence-electron chi connectivity index (χ4n) is 0.838. The molecular formula is C7H10N2O3. The van der Waals surface area contributed by atoms with E-state index in [4.69, 9.17) is 9.15 Å². The van der Waals surface area contributed by atoms with E-state index in [1.54, 1.807) is 13.8 Å². The monoisotopic (exact) mass is 170 g/mol. The molecule has 1 aromatic heterocycles. The molecule has 0 aliphatic carbocycles. The molecule has 0 amide bonds. The summed E-state index contributed by atoms with van der Waals surface area (Å²) < 4.78 is 9.85. The van der Waals surface area contributed by atoms with E-state index in [2.05, 4.69) is 10.2 Å². The molecule has 0 fully saturated rings. The predicted molar refractivity (Wildman–Crippen MR) is 39.1 cm³/mol. The molecule has 0 aliphatic heterocycles. The van der Waals surface area contributed by atoms with Gasteiger partial charge in [-0.1, -0.05) is 0 Å². The first-order chi connectivity index (χ1) is 5.52. The molecule has 5 heteroatoms. The van der Waals surface area contributed by atoms with Crippen molar-refractivity contribution < 1.29 is 13.9 Å². The number of esters is 1. The van der Waals surface area contributed by atoms with Crippen LogP contribution in [-0.2, 0) is 15.1 Å². The van der Waals surface area contributed by atoms with Crippen LogP contribution >= 0.6 is 0 Å². The summed E-state index contributed by atoms with van der Waals surface area (Å²) in [5, 5.41) is 7.13. The number of hydrogen-bond acceptors (Lipinski definition) is 5. The minimum absolute atomic E-state index is 0.290. The summed E-state index contributed by atoms with van der Waals surface area (Å²) in [7, 11) is 0. The molecule has 5 nitrogen and oxygen atoms in total. The first-order valence-electron chi connectivity index (χ1n) is 3.48. The lowest BCUT2D eigenvalue weighted by atomic mass is 10.1. The Morgan fingerprint density at radius 3 is 2.75 bits per heavy atom. The van der Waals surface area contributed by atoms with Crippen molar-refractivity contribution in [3.05, 3.63) is 12.3 Å². The van der Waals surface area contributed by atoms with Crippen molar-refractivity contribution in [1.29, 1.82) is 0 Å². The summed E-state index contributed by atoms with van der Waals surface area (Å²) in [6, 6.07) is 0. The summed E-state index contributed by atoms with van der Waals surface area (Å²) >= 11 is 0. The molecule has 1 rings (SSSR count). The van der Waals surface area contributed by atoms with Crippen LogP contribution < -0.4 is 0 Å². The third kappa shape index (κ3) is 1.81. The van der Waals surface area contributed by atoms with Crippen molar-refractivity contribution in [2.75, 3.05) is 0 Å². The Kier molecular flexibility index (Phi) is 2.12. The molecule has 0 atom stereocenters. The lowest BCUT2D eigenvalue weighted by Crippen LogP contribution is -2.24. The zero-order chi connectivity index (χ0) is 9.19. The highest BCUT2D eigenvalue weighted by molar-refractivity contribution is 5.66. The van der Waals surface area contributed by atoms with Crippen molar-refractivity contribution in [2.24, 2.45) is 0 Å². The van der Waals surface area contributed by atoms with Gasteiger partial charge in [0.15, 0.2) is 5.60 Å². The fourth-order valence-corrected chi connectivity index (χ4v) is 0.838. The zero-order valence-electron chi connectivity index (χ0n) is 7.20. The molecule has 0 spiro atoms. The number of nitrogens with zero attached hydrogens (tertiary/aromatic N) is 2. The molecule has 1 heterocycles. The van der Waals surface area contributed by atoms with Crippen molar-refractivity contribution in [3.63, 3.8) is 0 Å². The molecule has 0 aromatic carbocycles. The lowest BCUT2D eigenvalue weighted by molar-refractivity contribution is -0.156. The summed E-state index contributed by atoms with van der Waals surface area (Å²) in [6.07, 6.45) is 1.20. The molecule has 66 valence electrons. The normalized spacial score (nSPS) is 11.2. The minimum atomic E-state index is -0.845. The molecule has 0 N–H and O–H groups in total. The highest BCUT2D eigenvalue weighted by atomic mass is 16.6. The van der Waals surface area contributed by atoms with Gasteiger partial charge in [0.2, 0.25) is 6.39 Å². The number of carbonyl (C=O) groups is 1. The Morgan fingerprint density at radius 1 is 1.67 bits per heavy atom. The number of rotatable bonds is 2. The highest BCUT2D eigenvalue weighted by Gasteiger charge is 2.29. The molecule has 1 aromatic rings. The van der Waals surface area contributed by atoms with Crippen LogP contribution in [0.25, 0.3) is 0 Å². The maximum absolute atomic E-state index is 10.6. The van der Waals surface area contributed by atoms with Crippen molar-refractivity contribution in [2.45, 2.75) is 26.4 Å². The van der Waals surface area contributed by atoms with Gasteiger partial charge in [-0.3, -0.25) is 4.79 Å². The summed E-state index contributed by atoms with van der Waals surface area (Å²) in [4.78, 5) is 10.6. The van der Waals surface area contributed by atoms with E-state index in [1.165, 1.54) is 13.3 Å². The second kappa shape index (κ2) is 2.92. The maximum Gasteiger partial charge on any atom is 0.303 e. The van der Waals surface area contributed by atoms with Crippen LogP contribution in [0.15, 0.2) is 10.8 Å². The minimum Gasteiger partial charge on any atom is -0.450 e. The Bertz CT molecular complexity index is 266. The molecule has 0 saturated heterocycles. The SMILES string of the molecule is CC(=O)OC(C)(C)c1nnco1. The predicted octanol–water partition coefficient (Wildman–Crippen LogP) is 0.868. The Morgan fingerprint density at radius 2 is 2.33 bits per heavy atom. The largest absolute Gasteiger partial charge is 0.450 e. The molecule has 0 unspecified atom stereocenters. The highest BCUT2D eigenvalue weighted by Crippen LogP contribution is 2.21. The smallest absolute Gasteiger partial charge is 0.303 e. The summed E-state index contributed by atoms with van der Waals surface area (Å²) in [5.74, 6) is -0.0871. The summed E-state index contributed by atoms with van der Waals surface area (Å²) in [6.45, 7) is 4.70. The van der Waals surface area contributed by atoms with Gasteiger partial charge in [-0.15, -0.1) is 10.2 Å². The first kappa shape index (κ1) is 8.70. The Balaban J connectivity index is 2.79. The molecule has 12 heavy (non-hydrogen) atoms. The average molecular weight is 170 g/mol. The van der Waals surface area contributed by atoms with Crippen LogP contribution in [0.2, 0.25) is 0 Å². The van der Waals surface area contributed by atoms with Crippen LogP contribution in [0.5, 0.6) is 0 Å². The average Bonchev–Trinajstić information content (AvgIpc) is 2.32. The summed E-state index contributed by atoms with van der Waals surface area (Å²) in [5.41, 5.74) is -0.845. The fraction of sp³-hybridized carbons (Fsp3) is 0.571. The number of ether oxygens (including phenoxy) is 1. The van der Waals surface area contributed by atoms with Crippen LogP contribution in [0, 0.1) is 0 Å². The van der Waals surface area contributed by atoms with E-state index >= 15 is 0 Å².